The quantitative estimate of drug-likeness (QED) is 0.0266. The van der Waals surface area contributed by atoms with Crippen LogP contribution in [0.1, 0.15) is 181 Å². The van der Waals surface area contributed by atoms with Gasteiger partial charge in [-0.1, -0.05) is 189 Å². The van der Waals surface area contributed by atoms with E-state index in [-0.39, 0.29) is 18.9 Å². The summed E-state index contributed by atoms with van der Waals surface area (Å²) in [5.74, 6) is -0.236. The van der Waals surface area contributed by atoms with Gasteiger partial charge in [0.1, 0.15) is 24.4 Å². The third kappa shape index (κ3) is 30.3. The molecule has 1 fully saturated rings. The molecule has 7 unspecified atom stereocenters. The summed E-state index contributed by atoms with van der Waals surface area (Å²) in [5.41, 5.74) is 0. The van der Waals surface area contributed by atoms with Crippen molar-refractivity contribution in [3.8, 4) is 0 Å². The summed E-state index contributed by atoms with van der Waals surface area (Å²) in [6, 6.07) is -0.838. The number of nitrogens with one attached hydrogen (secondary N) is 1. The molecule has 0 aliphatic carbocycles. The first-order valence-corrected chi connectivity index (χ1v) is 23.7. The maximum absolute atomic E-state index is 12.9. The fourth-order valence-electron chi connectivity index (χ4n) is 7.01. The summed E-state index contributed by atoms with van der Waals surface area (Å²) in [4.78, 5) is 12.9. The molecule has 9 heteroatoms. The van der Waals surface area contributed by atoms with Crippen LogP contribution >= 0.6 is 0 Å². The van der Waals surface area contributed by atoms with Gasteiger partial charge in [-0.3, -0.25) is 4.79 Å². The molecule has 0 bridgehead atoms. The van der Waals surface area contributed by atoms with Gasteiger partial charge >= 0.3 is 0 Å². The van der Waals surface area contributed by atoms with Crippen LogP contribution in [0.15, 0.2) is 72.9 Å². The van der Waals surface area contributed by atoms with E-state index in [1.165, 1.54) is 96.3 Å². The van der Waals surface area contributed by atoms with Crippen molar-refractivity contribution in [1.29, 1.82) is 0 Å². The van der Waals surface area contributed by atoms with Crippen molar-refractivity contribution in [1.82, 2.24) is 5.32 Å². The molecule has 0 radical (unpaired) electrons. The summed E-state index contributed by atoms with van der Waals surface area (Å²) in [7, 11) is 0. The maximum Gasteiger partial charge on any atom is 0.220 e. The molecule has 1 aliphatic rings. The fraction of sp³-hybridized carbons (Fsp3) is 0.740. The molecule has 7 atom stereocenters. The molecule has 0 aromatic heterocycles. The number of allylic oxidation sites excluding steroid dienone is 11. The van der Waals surface area contributed by atoms with Crippen LogP contribution in [-0.4, -0.2) is 87.5 Å². The number of ether oxygens (including phenoxy) is 2. The number of amides is 1. The summed E-state index contributed by atoms with van der Waals surface area (Å²) in [6.07, 6.45) is 46.6. The molecule has 0 saturated carbocycles. The van der Waals surface area contributed by atoms with Gasteiger partial charge in [-0.2, -0.15) is 0 Å². The molecule has 0 spiro atoms. The van der Waals surface area contributed by atoms with Gasteiger partial charge in [0, 0.05) is 6.42 Å². The molecular formula is C50H87NO8. The molecule has 1 rings (SSSR count). The zero-order chi connectivity index (χ0) is 43.0. The van der Waals surface area contributed by atoms with Gasteiger partial charge in [0.15, 0.2) is 6.29 Å². The second-order valence-electron chi connectivity index (χ2n) is 16.2. The molecule has 340 valence electrons. The van der Waals surface area contributed by atoms with Crippen LogP contribution in [0.5, 0.6) is 0 Å². The average Bonchev–Trinajstić information content (AvgIpc) is 3.23. The number of hydrogen-bond donors (Lipinski definition) is 6. The largest absolute Gasteiger partial charge is 0.394 e. The molecule has 0 aromatic carbocycles. The predicted octanol–water partition coefficient (Wildman–Crippen LogP) is 10.2. The zero-order valence-electron chi connectivity index (χ0n) is 37.2. The van der Waals surface area contributed by atoms with Gasteiger partial charge in [0.05, 0.1) is 25.4 Å². The molecule has 1 saturated heterocycles. The fourth-order valence-corrected chi connectivity index (χ4v) is 7.01. The summed E-state index contributed by atoms with van der Waals surface area (Å²) in [6.45, 7) is 3.62. The van der Waals surface area contributed by atoms with Crippen molar-refractivity contribution >= 4 is 5.91 Å². The lowest BCUT2D eigenvalue weighted by molar-refractivity contribution is -0.302. The Labute approximate surface area is 359 Å². The van der Waals surface area contributed by atoms with Gasteiger partial charge in [-0.15, -0.1) is 0 Å². The summed E-state index contributed by atoms with van der Waals surface area (Å²) >= 11 is 0. The van der Waals surface area contributed by atoms with Crippen molar-refractivity contribution in [2.45, 2.75) is 224 Å². The lowest BCUT2D eigenvalue weighted by Crippen LogP contribution is -2.60. The third-order valence-electron chi connectivity index (χ3n) is 10.8. The Morgan fingerprint density at radius 1 is 0.593 bits per heavy atom. The van der Waals surface area contributed by atoms with Crippen molar-refractivity contribution in [3.05, 3.63) is 72.9 Å². The molecule has 1 aliphatic heterocycles. The molecule has 1 heterocycles. The number of carbonyl (C=O) groups excluding carboxylic acids is 1. The molecule has 0 aromatic rings. The van der Waals surface area contributed by atoms with E-state index in [1.807, 2.05) is 6.08 Å². The van der Waals surface area contributed by atoms with Gasteiger partial charge in [-0.05, 0) is 57.8 Å². The highest BCUT2D eigenvalue weighted by atomic mass is 16.7. The van der Waals surface area contributed by atoms with E-state index in [1.54, 1.807) is 6.08 Å². The molecule has 59 heavy (non-hydrogen) atoms. The van der Waals surface area contributed by atoms with E-state index in [0.717, 1.165) is 57.8 Å². The van der Waals surface area contributed by atoms with Crippen LogP contribution in [-0.2, 0) is 14.3 Å². The zero-order valence-corrected chi connectivity index (χ0v) is 37.2. The molecule has 9 nitrogen and oxygen atoms in total. The van der Waals surface area contributed by atoms with Gasteiger partial charge in [0.2, 0.25) is 5.91 Å². The van der Waals surface area contributed by atoms with Crippen LogP contribution < -0.4 is 5.32 Å². The third-order valence-corrected chi connectivity index (χ3v) is 10.8. The summed E-state index contributed by atoms with van der Waals surface area (Å²) in [5, 5.41) is 54.2. The van der Waals surface area contributed by atoms with Crippen molar-refractivity contribution in [2.75, 3.05) is 13.2 Å². The van der Waals surface area contributed by atoms with Crippen molar-refractivity contribution < 1.29 is 39.8 Å². The maximum atomic E-state index is 12.9. The lowest BCUT2D eigenvalue weighted by atomic mass is 9.99. The number of unbranched alkanes of at least 4 members (excludes halogenated alkanes) is 18. The summed E-state index contributed by atoms with van der Waals surface area (Å²) < 4.78 is 11.2. The highest BCUT2D eigenvalue weighted by Crippen LogP contribution is 2.22. The average molecular weight is 830 g/mol. The van der Waals surface area contributed by atoms with Gasteiger partial charge < -0.3 is 40.3 Å². The van der Waals surface area contributed by atoms with E-state index >= 15 is 0 Å². The molecule has 1 amide bonds. The van der Waals surface area contributed by atoms with E-state index in [0.29, 0.717) is 6.42 Å². The van der Waals surface area contributed by atoms with E-state index in [9.17, 15) is 30.3 Å². The number of aliphatic hydroxyl groups is 5. The normalized spacial score (nSPS) is 21.4. The van der Waals surface area contributed by atoms with Crippen molar-refractivity contribution in [2.24, 2.45) is 0 Å². The predicted molar refractivity (Wildman–Crippen MR) is 244 cm³/mol. The lowest BCUT2D eigenvalue weighted by Gasteiger charge is -2.40. The Morgan fingerprint density at radius 3 is 1.54 bits per heavy atom. The van der Waals surface area contributed by atoms with E-state index < -0.39 is 49.5 Å². The first-order valence-electron chi connectivity index (χ1n) is 23.7. The Morgan fingerprint density at radius 2 is 1.05 bits per heavy atom. The smallest absolute Gasteiger partial charge is 0.220 e. The van der Waals surface area contributed by atoms with Crippen LogP contribution in [0.3, 0.4) is 0 Å². The van der Waals surface area contributed by atoms with Crippen molar-refractivity contribution in [3.63, 3.8) is 0 Å². The topological polar surface area (TPSA) is 149 Å². The monoisotopic (exact) mass is 830 g/mol. The number of carbonyl (C=O) groups is 1. The highest BCUT2D eigenvalue weighted by Gasteiger charge is 2.44. The van der Waals surface area contributed by atoms with Crippen LogP contribution in [0.4, 0.5) is 0 Å². The molecule has 6 N–H and O–H groups in total. The number of aliphatic hydroxyl groups excluding tert-OH is 5. The SMILES string of the molecule is CC/C=C\C/C=C\C/C=C\C/C=C\C/C=C\CCCC(=O)NC(COC1OC(CO)C(O)C(O)C1O)C(O)/C=C/CCCCCCCCCCCCCCCCCCC. The van der Waals surface area contributed by atoms with Gasteiger partial charge in [0.25, 0.3) is 0 Å². The molecular weight excluding hydrogens is 743 g/mol. The van der Waals surface area contributed by atoms with E-state index in [2.05, 4.69) is 79.9 Å². The van der Waals surface area contributed by atoms with Gasteiger partial charge in [-0.25, -0.2) is 0 Å². The second-order valence-corrected chi connectivity index (χ2v) is 16.2. The number of rotatable bonds is 38. The highest BCUT2D eigenvalue weighted by molar-refractivity contribution is 5.76. The Hall–Kier alpha value is -2.37. The Bertz CT molecular complexity index is 1150. The minimum absolute atomic E-state index is 0.214. The van der Waals surface area contributed by atoms with Crippen LogP contribution in [0.25, 0.3) is 0 Å². The standard InChI is InChI=1S/C50H87NO8/c1-3-5-7-9-11-13-15-17-19-21-22-24-25-27-29-31-33-35-37-39-44(53)43(42-58-50-49(57)48(56)47(55)45(41-52)59-50)51-46(54)40-38-36-34-32-30-28-26-23-20-18-16-14-12-10-8-6-4-2/h6,8,12,14,18,20,26,28,32,34,37,39,43-45,47-50,52-53,55-57H,3-5,7,9-11,13,15-17,19,21-25,27,29-31,33,35-36,38,40-42H2,1-2H3,(H,51,54)/b8-6-,14-12-,20-18-,28-26-,34-32-,39-37+. The Kier molecular flexibility index (Phi) is 36.8. The first-order chi connectivity index (χ1) is 28.8. The van der Waals surface area contributed by atoms with Crippen LogP contribution in [0.2, 0.25) is 0 Å². The number of hydrogen-bond acceptors (Lipinski definition) is 8. The van der Waals surface area contributed by atoms with E-state index in [4.69, 9.17) is 9.47 Å². The first kappa shape index (κ1) is 54.6. The second kappa shape index (κ2) is 39.7. The minimum Gasteiger partial charge on any atom is -0.394 e. The minimum atomic E-state index is -1.58. The Balaban J connectivity index is 2.40. The van der Waals surface area contributed by atoms with Crippen LogP contribution in [0, 0.1) is 0 Å².